The summed E-state index contributed by atoms with van der Waals surface area (Å²) in [5.74, 6) is -0.170. The number of aryl methyl sites for hydroxylation is 2. The Hall–Kier alpha value is -1.53. The van der Waals surface area contributed by atoms with E-state index >= 15 is 0 Å². The van der Waals surface area contributed by atoms with E-state index < -0.39 is 5.97 Å². The molecule has 2 saturated heterocycles. The highest BCUT2D eigenvalue weighted by Crippen LogP contribution is 2.29. The van der Waals surface area contributed by atoms with Gasteiger partial charge in [0.2, 0.25) is 0 Å². The molecule has 3 rings (SSSR count). The zero-order valence-corrected chi connectivity index (χ0v) is 12.5. The third kappa shape index (κ3) is 2.91. The molecule has 0 saturated carbocycles. The van der Waals surface area contributed by atoms with Gasteiger partial charge in [-0.3, -0.25) is 9.69 Å². The summed E-state index contributed by atoms with van der Waals surface area (Å²) in [5, 5.41) is 8.95. The third-order valence-corrected chi connectivity index (χ3v) is 4.44. The monoisotopic (exact) mass is 291 g/mol. The highest BCUT2D eigenvalue weighted by molar-refractivity contribution is 5.70. The summed E-state index contributed by atoms with van der Waals surface area (Å²) in [6.45, 7) is 6.39. The maximum absolute atomic E-state index is 10.9. The van der Waals surface area contributed by atoms with Crippen LogP contribution in [0.4, 0.5) is 0 Å². The lowest BCUT2D eigenvalue weighted by Crippen LogP contribution is -2.43. The largest absolute Gasteiger partial charge is 0.481 e. The molecule has 2 unspecified atom stereocenters. The predicted octanol–water partition coefficient (Wildman–Crippen LogP) is 1.26. The number of hydrogen-bond donors (Lipinski definition) is 1. The highest BCUT2D eigenvalue weighted by atomic mass is 16.5. The van der Waals surface area contributed by atoms with Gasteiger partial charge in [-0.05, 0) is 33.2 Å². The first-order valence-corrected chi connectivity index (χ1v) is 7.46. The molecule has 1 aromatic heterocycles. The molecule has 0 amide bonds. The highest BCUT2D eigenvalue weighted by Gasteiger charge is 2.34. The van der Waals surface area contributed by atoms with E-state index in [1.807, 2.05) is 13.8 Å². The number of aromatic nitrogens is 2. The second kappa shape index (κ2) is 5.69. The van der Waals surface area contributed by atoms with Crippen LogP contribution in [0.15, 0.2) is 0 Å². The van der Waals surface area contributed by atoms with Gasteiger partial charge < -0.3 is 9.84 Å². The second-order valence-electron chi connectivity index (χ2n) is 5.91. The minimum Gasteiger partial charge on any atom is -0.481 e. The van der Waals surface area contributed by atoms with Crippen molar-refractivity contribution in [2.75, 3.05) is 19.7 Å². The predicted molar refractivity (Wildman–Crippen MR) is 76.1 cm³/mol. The number of carbonyl (C=O) groups is 1. The van der Waals surface area contributed by atoms with Crippen molar-refractivity contribution < 1.29 is 14.6 Å². The molecule has 0 spiro atoms. The molecule has 0 radical (unpaired) electrons. The van der Waals surface area contributed by atoms with E-state index in [-0.39, 0.29) is 12.5 Å². The summed E-state index contributed by atoms with van der Waals surface area (Å²) < 4.78 is 5.93. The molecular weight excluding hydrogens is 270 g/mol. The first-order valence-electron chi connectivity index (χ1n) is 7.46. The van der Waals surface area contributed by atoms with Gasteiger partial charge in [-0.2, -0.15) is 0 Å². The molecule has 0 bridgehead atoms. The van der Waals surface area contributed by atoms with Gasteiger partial charge in [-0.1, -0.05) is 0 Å². The summed E-state index contributed by atoms with van der Waals surface area (Å²) in [6, 6.07) is 0.551. The van der Waals surface area contributed by atoms with Crippen LogP contribution < -0.4 is 0 Å². The van der Waals surface area contributed by atoms with Crippen molar-refractivity contribution in [3.8, 4) is 0 Å². The van der Waals surface area contributed by atoms with E-state index in [4.69, 9.17) is 9.84 Å². The van der Waals surface area contributed by atoms with Gasteiger partial charge in [0, 0.05) is 29.5 Å². The molecule has 2 aliphatic heterocycles. The minimum absolute atomic E-state index is 0.0301. The van der Waals surface area contributed by atoms with Crippen LogP contribution in [0, 0.1) is 13.8 Å². The lowest BCUT2D eigenvalue weighted by molar-refractivity contribution is -0.136. The van der Waals surface area contributed by atoms with Gasteiger partial charge in [-0.15, -0.1) is 0 Å². The van der Waals surface area contributed by atoms with Gasteiger partial charge >= 0.3 is 5.97 Å². The first-order chi connectivity index (χ1) is 10.0. The van der Waals surface area contributed by atoms with E-state index in [9.17, 15) is 4.79 Å². The smallest absolute Gasteiger partial charge is 0.307 e. The Morgan fingerprint density at radius 2 is 2.10 bits per heavy atom. The molecule has 114 valence electrons. The summed E-state index contributed by atoms with van der Waals surface area (Å²) in [6.07, 6.45) is 2.31. The van der Waals surface area contributed by atoms with Crippen molar-refractivity contribution in [1.82, 2.24) is 14.9 Å². The lowest BCUT2D eigenvalue weighted by Gasteiger charge is -2.34. The van der Waals surface area contributed by atoms with Crippen molar-refractivity contribution in [2.45, 2.75) is 45.3 Å². The van der Waals surface area contributed by atoms with Crippen LogP contribution in [-0.2, 0) is 16.0 Å². The van der Waals surface area contributed by atoms with Crippen LogP contribution >= 0.6 is 0 Å². The van der Waals surface area contributed by atoms with Crippen LogP contribution in [0.25, 0.3) is 0 Å². The number of carboxylic acids is 1. The number of aliphatic carboxylic acids is 1. The van der Waals surface area contributed by atoms with Crippen molar-refractivity contribution in [1.29, 1.82) is 0 Å². The molecule has 3 heterocycles. The number of hydrogen-bond acceptors (Lipinski definition) is 5. The second-order valence-corrected chi connectivity index (χ2v) is 5.91. The van der Waals surface area contributed by atoms with Gasteiger partial charge in [0.05, 0.1) is 13.0 Å². The van der Waals surface area contributed by atoms with Crippen molar-refractivity contribution in [3.05, 3.63) is 22.8 Å². The quantitative estimate of drug-likeness (QED) is 0.903. The maximum Gasteiger partial charge on any atom is 0.307 e. The Balaban J connectivity index is 1.81. The first kappa shape index (κ1) is 14.4. The normalized spacial score (nSPS) is 25.8. The molecule has 6 heteroatoms. The molecule has 2 atom stereocenters. The summed E-state index contributed by atoms with van der Waals surface area (Å²) in [5.41, 5.74) is 2.19. The van der Waals surface area contributed by atoms with Crippen LogP contribution in [0.2, 0.25) is 0 Å². The Kier molecular flexibility index (Phi) is 3.91. The van der Waals surface area contributed by atoms with Gasteiger partial charge in [-0.25, -0.2) is 9.97 Å². The van der Waals surface area contributed by atoms with E-state index in [2.05, 4.69) is 14.9 Å². The van der Waals surface area contributed by atoms with Crippen LogP contribution in [0.3, 0.4) is 0 Å². The fourth-order valence-corrected chi connectivity index (χ4v) is 3.29. The topological polar surface area (TPSA) is 75.5 Å². The standard InChI is InChI=1S/C15H21N3O3/c1-9-12(6-14(19)20)10(2)17-15(16-9)13-7-18-5-3-4-11(18)8-21-13/h11,13H,3-8H2,1-2H3,(H,19,20). The average molecular weight is 291 g/mol. The van der Waals surface area contributed by atoms with Gasteiger partial charge in [0.15, 0.2) is 5.82 Å². The van der Waals surface area contributed by atoms with Crippen molar-refractivity contribution in [2.24, 2.45) is 0 Å². The number of nitrogens with zero attached hydrogens (tertiary/aromatic N) is 3. The number of ether oxygens (including phenoxy) is 1. The maximum atomic E-state index is 10.9. The zero-order chi connectivity index (χ0) is 15.0. The van der Waals surface area contributed by atoms with Crippen molar-refractivity contribution >= 4 is 5.97 Å². The number of fused-ring (bicyclic) bond motifs is 1. The fourth-order valence-electron chi connectivity index (χ4n) is 3.29. The van der Waals surface area contributed by atoms with Crippen LogP contribution in [0.5, 0.6) is 0 Å². The molecular formula is C15H21N3O3. The number of carboxylic acid groups (broad SMARTS) is 1. The lowest BCUT2D eigenvalue weighted by atomic mass is 10.1. The molecule has 1 N–H and O–H groups in total. The Bertz CT molecular complexity index is 538. The van der Waals surface area contributed by atoms with Crippen LogP contribution in [-0.4, -0.2) is 51.7 Å². The molecule has 1 aromatic rings. The molecule has 2 fully saturated rings. The van der Waals surface area contributed by atoms with Gasteiger partial charge in [0.1, 0.15) is 6.10 Å². The summed E-state index contributed by atoms with van der Waals surface area (Å²) in [4.78, 5) is 22.3. The van der Waals surface area contributed by atoms with E-state index in [0.717, 1.165) is 31.1 Å². The third-order valence-electron chi connectivity index (χ3n) is 4.44. The Labute approximate surface area is 124 Å². The van der Waals surface area contributed by atoms with Crippen LogP contribution in [0.1, 0.15) is 41.7 Å². The van der Waals surface area contributed by atoms with E-state index in [1.54, 1.807) is 0 Å². The average Bonchev–Trinajstić information content (AvgIpc) is 2.89. The fraction of sp³-hybridized carbons (Fsp3) is 0.667. The van der Waals surface area contributed by atoms with Gasteiger partial charge in [0.25, 0.3) is 0 Å². The number of rotatable bonds is 3. The summed E-state index contributed by atoms with van der Waals surface area (Å²) >= 11 is 0. The van der Waals surface area contributed by atoms with E-state index in [1.165, 1.54) is 12.8 Å². The van der Waals surface area contributed by atoms with Crippen molar-refractivity contribution in [3.63, 3.8) is 0 Å². The van der Waals surface area contributed by atoms with E-state index in [0.29, 0.717) is 17.4 Å². The molecule has 2 aliphatic rings. The Morgan fingerprint density at radius 3 is 2.76 bits per heavy atom. The Morgan fingerprint density at radius 1 is 1.38 bits per heavy atom. The molecule has 0 aliphatic carbocycles. The molecule has 6 nitrogen and oxygen atoms in total. The molecule has 21 heavy (non-hydrogen) atoms. The minimum atomic E-state index is -0.855. The summed E-state index contributed by atoms with van der Waals surface area (Å²) in [7, 11) is 0. The number of morpholine rings is 1. The molecule has 0 aromatic carbocycles. The zero-order valence-electron chi connectivity index (χ0n) is 12.5. The SMILES string of the molecule is Cc1nc(C2CN3CCCC3CO2)nc(C)c1CC(=O)O.